The van der Waals surface area contributed by atoms with Crippen molar-refractivity contribution in [2.45, 2.75) is 349 Å². The number of rotatable bonds is 21. The van der Waals surface area contributed by atoms with Gasteiger partial charge in [0.1, 0.15) is 5.75 Å². The lowest BCUT2D eigenvalue weighted by Crippen LogP contribution is -2.36. The van der Waals surface area contributed by atoms with Gasteiger partial charge in [-0.3, -0.25) is 9.98 Å². The van der Waals surface area contributed by atoms with Gasteiger partial charge >= 0.3 is 6.18 Å². The molecule has 2 aliphatic carbocycles. The van der Waals surface area contributed by atoms with Gasteiger partial charge in [0.25, 0.3) is 0 Å². The molecule has 13 rings (SSSR count). The lowest BCUT2D eigenvalue weighted by atomic mass is 9.87. The van der Waals surface area contributed by atoms with Gasteiger partial charge in [0.2, 0.25) is 5.54 Å². The number of fused-ring (bicyclic) bond motifs is 2. The van der Waals surface area contributed by atoms with Crippen LogP contribution >= 0.6 is 11.8 Å². The number of halogens is 3. The smallest absolute Gasteiger partial charge is 0.422 e. The standard InChI is InChI=1S/C15H18F3N.C15H19N3O.C14H17N3.C14H26N2S.2C14H22.C13H20O2S.C9H17N/c1-13(2,3)9-8-11-4-6-12(7-5-11)14(10-19-14)15(16,17)18;1-15(2,3)8-11-19-13-6-4-12(5-7-13)14-16-9-10-17-18-14;1-14(2,3)10-11-4-6-12(7-5-11)13-15-8-9-16-17-13;1-10-15-11-9-17-12(13(11)16-10)7-5-6-8-14(2,3)4;1-14(2,3)10-13-11-8-6-4-5-7-9-12(11)13;1-11-6-7-13(12(2)10-11)8-9-14(3,4)5;1-11-5-7-12(8-6-11)16(14,15)10-9-13(2,3)4;1-8(2,3)5-6-9(4)7-10-9/h4-7,10H,8-9H2,1-3H3;4-7,9-10H,8,11H2,1-3H3;4-9H,10H2,1-3H3;11-13,15-16H,1,5-9H2,2-4H3;11-13H,6-10H2,1-3H3;6-7,10H,8-9H2,1-5H3;5-8H,9-10H2,1-4H3;7H,5-6H2,1-4H3/t;;;;11-,12+,13?;;;. The molecule has 0 spiro atoms. The highest BCUT2D eigenvalue weighted by molar-refractivity contribution is 8.00. The second-order valence-corrected chi connectivity index (χ2v) is 49.1. The van der Waals surface area contributed by atoms with Crippen LogP contribution in [0.1, 0.15) is 308 Å². The summed E-state index contributed by atoms with van der Waals surface area (Å²) in [6.45, 7) is 67.0. The fraction of sp³-hybridized carbons (Fsp3) is 0.611. The molecular weight excluding hydrogens is 1610 g/mol. The number of hydrogen-bond acceptors (Lipinski definition) is 14. The SMILES string of the molecule is C=C1NC2CSC(CCCCC(C)(C)C)C2N1.CC(C)(C)CC1[C@H]2CCC#CCC[C@@H]12.CC(C)(C)CCC1(C)C=N1.CC(C)(C)CCOc1ccc(-c2nccnn2)cc1.CC(C)(C)CCc1ccc(C2(C(F)(F)F)C=N2)cc1.CC(C)(C)Cc1ccc(-c2nccnn2)cc1.Cc1ccc(CCC(C)(C)C)c(C)c1.Cc1ccc(S(=O)(=O)CCC(C)(C)C)cc1. The van der Waals surface area contributed by atoms with E-state index >= 15 is 0 Å². The van der Waals surface area contributed by atoms with Crippen molar-refractivity contribution in [3.63, 3.8) is 0 Å². The Morgan fingerprint density at radius 2 is 1.02 bits per heavy atom. The van der Waals surface area contributed by atoms with E-state index in [1.54, 1.807) is 61.2 Å². The van der Waals surface area contributed by atoms with Crippen LogP contribution in [0.3, 0.4) is 0 Å². The van der Waals surface area contributed by atoms with Crippen LogP contribution in [0.15, 0.2) is 167 Å². The van der Waals surface area contributed by atoms with Crippen molar-refractivity contribution in [3.05, 3.63) is 191 Å². The Balaban J connectivity index is 0.000000224. The Kier molecular flexibility index (Phi) is 39.6. The fourth-order valence-corrected chi connectivity index (χ4v) is 18.1. The van der Waals surface area contributed by atoms with Crippen LogP contribution in [-0.4, -0.2) is 98.4 Å². The molecule has 3 fully saturated rings. The quantitative estimate of drug-likeness (QED) is 0.0517. The van der Waals surface area contributed by atoms with Crippen LogP contribution in [0.4, 0.5) is 13.2 Å². The van der Waals surface area contributed by atoms with Crippen LogP contribution in [0, 0.1) is 93.7 Å². The van der Waals surface area contributed by atoms with Crippen LogP contribution in [0.25, 0.3) is 22.8 Å². The van der Waals surface area contributed by atoms with E-state index in [0.29, 0.717) is 67.5 Å². The van der Waals surface area contributed by atoms with E-state index in [1.165, 1.54) is 98.6 Å². The molecular formula is C108H161F3N10O3S2. The van der Waals surface area contributed by atoms with Crippen molar-refractivity contribution >= 4 is 34.0 Å². The zero-order valence-electron chi connectivity index (χ0n) is 82.7. The van der Waals surface area contributed by atoms with Crippen LogP contribution < -0.4 is 15.4 Å². The monoisotopic (exact) mass is 1770 g/mol. The first-order valence-electron chi connectivity index (χ1n) is 46.3. The second kappa shape index (κ2) is 46.7. The predicted molar refractivity (Wildman–Crippen MR) is 528 cm³/mol. The second-order valence-electron chi connectivity index (χ2n) is 45.7. The molecule has 7 aromatic rings. The first-order valence-corrected chi connectivity index (χ1v) is 49.0. The molecule has 2 saturated heterocycles. The van der Waals surface area contributed by atoms with Crippen molar-refractivity contribution in [1.82, 2.24) is 41.0 Å². The molecule has 6 unspecified atom stereocenters. The van der Waals surface area contributed by atoms with Crippen LogP contribution in [0.2, 0.25) is 0 Å². The zero-order chi connectivity index (χ0) is 94.0. The van der Waals surface area contributed by atoms with Crippen molar-refractivity contribution in [3.8, 4) is 40.4 Å². The average Bonchev–Trinajstić information content (AvgIpc) is 1.58. The third-order valence-corrected chi connectivity index (χ3v) is 26.2. The maximum Gasteiger partial charge on any atom is 0.422 e. The van der Waals surface area contributed by atoms with Gasteiger partial charge in [0.15, 0.2) is 21.5 Å². The highest BCUT2D eigenvalue weighted by Gasteiger charge is 2.62. The lowest BCUT2D eigenvalue weighted by Gasteiger charge is -2.20. The number of hydrogen-bond donors (Lipinski definition) is 2. The number of benzene rings is 5. The van der Waals surface area contributed by atoms with Gasteiger partial charge in [-0.05, 0) is 243 Å². The molecule has 2 aromatic heterocycles. The molecule has 13 nitrogen and oxygen atoms in total. The normalized spacial score (nSPS) is 20.4. The summed E-state index contributed by atoms with van der Waals surface area (Å²) in [5, 5.41) is 23.3. The summed E-state index contributed by atoms with van der Waals surface area (Å²) in [5.41, 5.74) is 11.0. The maximum atomic E-state index is 12.9. The molecule has 2 N–H and O–H groups in total. The van der Waals surface area contributed by atoms with E-state index in [0.717, 1.165) is 108 Å². The molecule has 18 heteroatoms. The number of unbranched alkanes of at least 4 members (excludes halogenated alkanes) is 1. The van der Waals surface area contributed by atoms with Gasteiger partial charge in [0, 0.05) is 59.8 Å². The number of nitrogens with one attached hydrogen (secondary N) is 2. The molecule has 0 radical (unpaired) electrons. The molecule has 6 aliphatic rings. The highest BCUT2D eigenvalue weighted by Crippen LogP contribution is 2.57. The summed E-state index contributed by atoms with van der Waals surface area (Å²) in [4.78, 5) is 16.4. The fourth-order valence-electron chi connectivity index (χ4n) is 14.9. The lowest BCUT2D eigenvalue weighted by molar-refractivity contribution is -0.156. The molecule has 4 aliphatic heterocycles. The van der Waals surface area contributed by atoms with Gasteiger partial charge < -0.3 is 15.4 Å². The van der Waals surface area contributed by atoms with E-state index in [9.17, 15) is 21.6 Å². The number of aromatic nitrogens is 6. The molecule has 8 atom stereocenters. The molecule has 0 amide bonds. The number of thioether (sulfide) groups is 1. The van der Waals surface area contributed by atoms with Gasteiger partial charge in [-0.25, -0.2) is 18.4 Å². The third kappa shape index (κ3) is 42.2. The Morgan fingerprint density at radius 1 is 0.532 bits per heavy atom. The molecule has 6 heterocycles. The number of nitrogens with zero attached hydrogens (tertiary/aromatic N) is 8. The number of aryl methyl sites for hydroxylation is 5. The van der Waals surface area contributed by atoms with Crippen molar-refractivity contribution < 1.29 is 26.3 Å². The van der Waals surface area contributed by atoms with Crippen molar-refractivity contribution in [2.24, 2.45) is 71.1 Å². The Bertz CT molecular complexity index is 4620. The van der Waals surface area contributed by atoms with Gasteiger partial charge in [-0.1, -0.05) is 276 Å². The summed E-state index contributed by atoms with van der Waals surface area (Å²) in [5.74, 6) is 14.3. The van der Waals surface area contributed by atoms with E-state index in [2.05, 4.69) is 317 Å². The summed E-state index contributed by atoms with van der Waals surface area (Å²) < 4.78 is 68.3. The number of alkyl halides is 3. The van der Waals surface area contributed by atoms with Crippen LogP contribution in [-0.2, 0) is 34.6 Å². The van der Waals surface area contributed by atoms with Gasteiger partial charge in [0.05, 0.1) is 53.1 Å². The van der Waals surface area contributed by atoms with Gasteiger partial charge in [-0.15, -0.1) is 22.0 Å². The summed E-state index contributed by atoms with van der Waals surface area (Å²) in [6, 6.07) is 37.8. The third-order valence-electron chi connectivity index (χ3n) is 23.0. The zero-order valence-corrected chi connectivity index (χ0v) is 84.3. The molecule has 126 heavy (non-hydrogen) atoms. The number of ether oxygens (including phenoxy) is 1. The molecule has 1 saturated carbocycles. The molecule has 0 bridgehead atoms. The first-order chi connectivity index (χ1) is 58.3. The minimum atomic E-state index is -4.33. The van der Waals surface area contributed by atoms with E-state index in [-0.39, 0.29) is 27.7 Å². The van der Waals surface area contributed by atoms with E-state index in [1.807, 2.05) is 43.3 Å². The Hall–Kier alpha value is -7.75. The van der Waals surface area contributed by atoms with E-state index in [4.69, 9.17) is 4.74 Å². The maximum absolute atomic E-state index is 12.9. The minimum Gasteiger partial charge on any atom is -0.494 e. The molecule has 694 valence electrons. The predicted octanol–water partition coefficient (Wildman–Crippen LogP) is 28.1. The largest absolute Gasteiger partial charge is 0.494 e. The minimum absolute atomic E-state index is 0.0533. The van der Waals surface area contributed by atoms with Gasteiger partial charge in [-0.2, -0.15) is 35.1 Å². The summed E-state index contributed by atoms with van der Waals surface area (Å²) in [6.07, 6.45) is 26.7. The number of sulfone groups is 1. The number of aliphatic imine (C=N–C) groups is 2. The Labute approximate surface area is 766 Å². The van der Waals surface area contributed by atoms with E-state index < -0.39 is 21.6 Å². The highest BCUT2D eigenvalue weighted by atomic mass is 32.2. The average molecular weight is 1770 g/mol. The van der Waals surface area contributed by atoms with Crippen LogP contribution in [0.5, 0.6) is 5.75 Å². The van der Waals surface area contributed by atoms with Crippen molar-refractivity contribution in [2.75, 3.05) is 18.1 Å². The summed E-state index contributed by atoms with van der Waals surface area (Å²) in [7, 11) is -3.11. The Morgan fingerprint density at radius 3 is 1.48 bits per heavy atom. The van der Waals surface area contributed by atoms with Crippen molar-refractivity contribution in [1.29, 1.82) is 0 Å². The first kappa shape index (κ1) is 107. The summed E-state index contributed by atoms with van der Waals surface area (Å²) >= 11 is 2.13. The topological polar surface area (TPSA) is 169 Å². The molecule has 5 aromatic carbocycles.